The lowest BCUT2D eigenvalue weighted by Gasteiger charge is -2.30. The second-order valence-electron chi connectivity index (χ2n) is 9.33. The number of benzene rings is 3. The zero-order chi connectivity index (χ0) is 23.7. The Morgan fingerprint density at radius 2 is 1.85 bits per heavy atom. The number of hydrogen-bond acceptors (Lipinski definition) is 4. The van der Waals surface area contributed by atoms with E-state index < -0.39 is 0 Å². The topological polar surface area (TPSA) is 45.1 Å². The average molecular weight is 454 g/mol. The fourth-order valence-corrected chi connectivity index (χ4v) is 5.01. The number of hydrazone groups is 1. The van der Waals surface area contributed by atoms with E-state index in [-0.39, 0.29) is 11.9 Å². The summed E-state index contributed by atoms with van der Waals surface area (Å²) < 4.78 is 5.46. The molecule has 0 saturated carbocycles. The molecular weight excluding hydrogens is 422 g/mol. The zero-order valence-corrected chi connectivity index (χ0v) is 20.1. The van der Waals surface area contributed by atoms with Crippen molar-refractivity contribution in [2.75, 3.05) is 20.2 Å². The number of aryl methyl sites for hydroxylation is 2. The van der Waals surface area contributed by atoms with E-state index in [4.69, 9.17) is 9.84 Å². The Morgan fingerprint density at radius 3 is 2.68 bits per heavy atom. The number of methoxy groups -OCH3 is 1. The number of hydrogen-bond donors (Lipinski definition) is 0. The molecule has 3 aromatic rings. The molecular formula is C29H31N3O2. The molecule has 0 fully saturated rings. The summed E-state index contributed by atoms with van der Waals surface area (Å²) in [5.41, 5.74) is 8.19. The van der Waals surface area contributed by atoms with Crippen LogP contribution in [-0.2, 0) is 17.8 Å². The monoisotopic (exact) mass is 453 g/mol. The Kier molecular flexibility index (Phi) is 6.20. The van der Waals surface area contributed by atoms with Crippen LogP contribution in [0.25, 0.3) is 0 Å². The molecule has 0 bridgehead atoms. The smallest absolute Gasteiger partial charge is 0.257 e. The van der Waals surface area contributed by atoms with E-state index in [1.165, 1.54) is 22.3 Å². The Bertz CT molecular complexity index is 1250. The van der Waals surface area contributed by atoms with Crippen LogP contribution in [-0.4, -0.2) is 41.7 Å². The molecule has 2 heterocycles. The van der Waals surface area contributed by atoms with Gasteiger partial charge >= 0.3 is 0 Å². The molecule has 0 aromatic heterocycles. The molecule has 1 atom stereocenters. The van der Waals surface area contributed by atoms with Gasteiger partial charge in [-0.1, -0.05) is 54.1 Å². The van der Waals surface area contributed by atoms with Crippen LogP contribution in [0.3, 0.4) is 0 Å². The molecule has 2 aliphatic rings. The van der Waals surface area contributed by atoms with Crippen LogP contribution in [0, 0.1) is 13.8 Å². The largest absolute Gasteiger partial charge is 0.497 e. The molecule has 0 saturated heterocycles. The predicted molar refractivity (Wildman–Crippen MR) is 135 cm³/mol. The van der Waals surface area contributed by atoms with Crippen molar-refractivity contribution in [3.05, 3.63) is 100 Å². The highest BCUT2D eigenvalue weighted by molar-refractivity contribution is 6.04. The fraction of sp³-hybridized carbons (Fsp3) is 0.310. The number of nitrogens with zero attached hydrogens (tertiary/aromatic N) is 3. The summed E-state index contributed by atoms with van der Waals surface area (Å²) in [6.07, 6.45) is 1.66. The summed E-state index contributed by atoms with van der Waals surface area (Å²) >= 11 is 0. The minimum Gasteiger partial charge on any atom is -0.497 e. The van der Waals surface area contributed by atoms with Crippen molar-refractivity contribution >= 4 is 11.6 Å². The molecule has 0 unspecified atom stereocenters. The van der Waals surface area contributed by atoms with Gasteiger partial charge in [-0.15, -0.1) is 0 Å². The Hall–Kier alpha value is -3.44. The minimum absolute atomic E-state index is 0.0347. The summed E-state index contributed by atoms with van der Waals surface area (Å²) in [7, 11) is 1.67. The quantitative estimate of drug-likeness (QED) is 0.543. The summed E-state index contributed by atoms with van der Waals surface area (Å²) in [6.45, 7) is 6.24. The van der Waals surface area contributed by atoms with Gasteiger partial charge in [0.05, 0.1) is 25.4 Å². The third-order valence-electron chi connectivity index (χ3n) is 6.92. The van der Waals surface area contributed by atoms with Crippen LogP contribution in [0.1, 0.15) is 45.8 Å². The molecule has 0 N–H and O–H groups in total. The predicted octanol–water partition coefficient (Wildman–Crippen LogP) is 5.05. The molecule has 1 amide bonds. The molecule has 0 spiro atoms. The van der Waals surface area contributed by atoms with E-state index in [9.17, 15) is 4.79 Å². The van der Waals surface area contributed by atoms with Crippen LogP contribution >= 0.6 is 0 Å². The van der Waals surface area contributed by atoms with Crippen molar-refractivity contribution in [2.45, 2.75) is 39.3 Å². The maximum absolute atomic E-state index is 13.6. The molecule has 34 heavy (non-hydrogen) atoms. The van der Waals surface area contributed by atoms with Crippen LogP contribution in [0.15, 0.2) is 71.8 Å². The van der Waals surface area contributed by atoms with Crippen LogP contribution in [0.4, 0.5) is 0 Å². The lowest BCUT2D eigenvalue weighted by atomic mass is 9.95. The van der Waals surface area contributed by atoms with Gasteiger partial charge in [-0.25, -0.2) is 5.01 Å². The maximum Gasteiger partial charge on any atom is 0.257 e. The summed E-state index contributed by atoms with van der Waals surface area (Å²) in [6, 6.07) is 22.8. The van der Waals surface area contributed by atoms with Gasteiger partial charge < -0.3 is 4.74 Å². The molecule has 5 rings (SSSR count). The van der Waals surface area contributed by atoms with Crippen molar-refractivity contribution in [1.82, 2.24) is 9.91 Å². The van der Waals surface area contributed by atoms with E-state index >= 15 is 0 Å². The van der Waals surface area contributed by atoms with Gasteiger partial charge in [-0.05, 0) is 60.7 Å². The Balaban J connectivity index is 1.43. The lowest BCUT2D eigenvalue weighted by molar-refractivity contribution is -0.134. The summed E-state index contributed by atoms with van der Waals surface area (Å²) in [5, 5.41) is 6.63. The van der Waals surface area contributed by atoms with E-state index in [1.807, 2.05) is 18.2 Å². The van der Waals surface area contributed by atoms with Gasteiger partial charge in [0.1, 0.15) is 5.75 Å². The highest BCUT2D eigenvalue weighted by Crippen LogP contribution is 2.35. The van der Waals surface area contributed by atoms with Crippen LogP contribution in [0.5, 0.6) is 5.75 Å². The molecule has 0 radical (unpaired) electrons. The van der Waals surface area contributed by atoms with Crippen molar-refractivity contribution in [3.63, 3.8) is 0 Å². The number of carbonyl (C=O) groups is 1. The van der Waals surface area contributed by atoms with Crippen molar-refractivity contribution < 1.29 is 9.53 Å². The number of carbonyl (C=O) groups excluding carboxylic acids is 1. The molecule has 0 aliphatic carbocycles. The van der Waals surface area contributed by atoms with Crippen LogP contribution in [0.2, 0.25) is 0 Å². The van der Waals surface area contributed by atoms with Crippen molar-refractivity contribution in [1.29, 1.82) is 0 Å². The van der Waals surface area contributed by atoms with Gasteiger partial charge in [-0.3, -0.25) is 9.69 Å². The van der Waals surface area contributed by atoms with E-state index in [0.29, 0.717) is 13.0 Å². The molecule has 5 heteroatoms. The summed E-state index contributed by atoms with van der Waals surface area (Å²) in [4.78, 5) is 15.9. The number of ether oxygens (including phenoxy) is 1. The number of rotatable bonds is 5. The van der Waals surface area contributed by atoms with Gasteiger partial charge in [0.15, 0.2) is 0 Å². The molecule has 3 aromatic carbocycles. The maximum atomic E-state index is 13.6. The standard InChI is InChI=1S/C29H31N3O2/c1-20-11-12-21(2)26(15-20)27-17-28(23-9-6-10-25(16-23)34-3)32(30-27)29(33)19-31-14-13-22-7-4-5-8-24(22)18-31/h4-12,15-16,28H,13-14,17-19H2,1-3H3/t28-/m1/s1. The second kappa shape index (κ2) is 9.43. The first kappa shape index (κ1) is 22.4. The normalized spacial score (nSPS) is 17.9. The highest BCUT2D eigenvalue weighted by Gasteiger charge is 2.34. The highest BCUT2D eigenvalue weighted by atomic mass is 16.5. The average Bonchev–Trinajstić information content (AvgIpc) is 3.31. The first-order valence-corrected chi connectivity index (χ1v) is 11.9. The SMILES string of the molecule is COc1cccc([C@H]2CC(c3cc(C)ccc3C)=NN2C(=O)CN2CCc3ccccc3C2)c1. The third-order valence-corrected chi connectivity index (χ3v) is 6.92. The van der Waals surface area contributed by atoms with Crippen molar-refractivity contribution in [3.8, 4) is 5.75 Å². The molecule has 5 nitrogen and oxygen atoms in total. The number of fused-ring (bicyclic) bond motifs is 1. The number of amides is 1. The summed E-state index contributed by atoms with van der Waals surface area (Å²) in [5.74, 6) is 0.824. The lowest BCUT2D eigenvalue weighted by Crippen LogP contribution is -2.40. The van der Waals surface area contributed by atoms with Gasteiger partial charge in [0.2, 0.25) is 0 Å². The fourth-order valence-electron chi connectivity index (χ4n) is 5.01. The molecule has 2 aliphatic heterocycles. The Morgan fingerprint density at radius 1 is 1.03 bits per heavy atom. The van der Waals surface area contributed by atoms with Gasteiger partial charge in [0.25, 0.3) is 5.91 Å². The van der Waals surface area contributed by atoms with E-state index in [0.717, 1.165) is 42.1 Å². The first-order valence-electron chi connectivity index (χ1n) is 11.9. The van der Waals surface area contributed by atoms with E-state index in [2.05, 4.69) is 67.3 Å². The first-order chi connectivity index (χ1) is 16.5. The van der Waals surface area contributed by atoms with Crippen molar-refractivity contribution in [2.24, 2.45) is 5.10 Å². The third kappa shape index (κ3) is 4.48. The van der Waals surface area contributed by atoms with Gasteiger partial charge in [-0.2, -0.15) is 5.10 Å². The molecule has 174 valence electrons. The Labute approximate surface area is 201 Å². The zero-order valence-electron chi connectivity index (χ0n) is 20.1. The van der Waals surface area contributed by atoms with Crippen LogP contribution < -0.4 is 4.74 Å². The van der Waals surface area contributed by atoms with E-state index in [1.54, 1.807) is 12.1 Å². The second-order valence-corrected chi connectivity index (χ2v) is 9.33. The van der Waals surface area contributed by atoms with Gasteiger partial charge in [0, 0.05) is 25.1 Å². The minimum atomic E-state index is -0.144.